The van der Waals surface area contributed by atoms with Crippen LogP contribution in [0.4, 0.5) is 10.1 Å². The van der Waals surface area contributed by atoms with Crippen molar-refractivity contribution < 1.29 is 4.39 Å². The summed E-state index contributed by atoms with van der Waals surface area (Å²) in [5.74, 6) is 0.644. The van der Waals surface area contributed by atoms with Crippen LogP contribution in [-0.4, -0.2) is 19.6 Å². The van der Waals surface area contributed by atoms with Gasteiger partial charge in [-0.3, -0.25) is 0 Å². The SMILES string of the molecule is CCNC(C)c1cc(F)ccc1N(C)C1CCCC(C)C1. The van der Waals surface area contributed by atoms with Gasteiger partial charge in [-0.25, -0.2) is 4.39 Å². The largest absolute Gasteiger partial charge is 0.371 e. The van der Waals surface area contributed by atoms with E-state index in [1.54, 1.807) is 12.1 Å². The van der Waals surface area contributed by atoms with Crippen LogP contribution in [0.3, 0.4) is 0 Å². The third-order valence-electron chi connectivity index (χ3n) is 4.80. The molecule has 3 heteroatoms. The summed E-state index contributed by atoms with van der Waals surface area (Å²) >= 11 is 0. The van der Waals surface area contributed by atoms with Crippen LogP contribution in [0.25, 0.3) is 0 Å². The molecule has 1 saturated carbocycles. The van der Waals surface area contributed by atoms with Gasteiger partial charge in [0.1, 0.15) is 5.82 Å². The molecule has 3 unspecified atom stereocenters. The average molecular weight is 292 g/mol. The van der Waals surface area contributed by atoms with Crippen LogP contribution in [-0.2, 0) is 0 Å². The maximum Gasteiger partial charge on any atom is 0.123 e. The van der Waals surface area contributed by atoms with Crippen molar-refractivity contribution >= 4 is 5.69 Å². The van der Waals surface area contributed by atoms with E-state index in [-0.39, 0.29) is 11.9 Å². The van der Waals surface area contributed by atoms with Crippen molar-refractivity contribution in [2.75, 3.05) is 18.5 Å². The number of hydrogen-bond donors (Lipinski definition) is 1. The first-order valence-corrected chi connectivity index (χ1v) is 8.28. The van der Waals surface area contributed by atoms with E-state index in [1.807, 2.05) is 6.07 Å². The van der Waals surface area contributed by atoms with Gasteiger partial charge in [0.25, 0.3) is 0 Å². The Morgan fingerprint density at radius 2 is 2.14 bits per heavy atom. The van der Waals surface area contributed by atoms with Crippen molar-refractivity contribution in [2.24, 2.45) is 5.92 Å². The van der Waals surface area contributed by atoms with E-state index in [4.69, 9.17) is 0 Å². The summed E-state index contributed by atoms with van der Waals surface area (Å²) in [4.78, 5) is 2.37. The molecule has 3 atom stereocenters. The number of benzene rings is 1. The highest BCUT2D eigenvalue weighted by molar-refractivity contribution is 5.55. The van der Waals surface area contributed by atoms with Crippen molar-refractivity contribution in [2.45, 2.75) is 58.5 Å². The molecule has 0 amide bonds. The van der Waals surface area contributed by atoms with E-state index in [9.17, 15) is 4.39 Å². The third-order valence-corrected chi connectivity index (χ3v) is 4.80. The van der Waals surface area contributed by atoms with Crippen molar-refractivity contribution in [3.05, 3.63) is 29.6 Å². The minimum Gasteiger partial charge on any atom is -0.371 e. The van der Waals surface area contributed by atoms with Gasteiger partial charge in [-0.2, -0.15) is 0 Å². The number of hydrogen-bond acceptors (Lipinski definition) is 2. The third kappa shape index (κ3) is 3.97. The van der Waals surface area contributed by atoms with Crippen LogP contribution in [0.2, 0.25) is 0 Å². The summed E-state index contributed by atoms with van der Waals surface area (Å²) in [5.41, 5.74) is 2.24. The van der Waals surface area contributed by atoms with Gasteiger partial charge in [-0.05, 0) is 56.0 Å². The number of nitrogens with zero attached hydrogens (tertiary/aromatic N) is 1. The lowest BCUT2D eigenvalue weighted by molar-refractivity contribution is 0.336. The lowest BCUT2D eigenvalue weighted by Crippen LogP contribution is -2.36. The van der Waals surface area contributed by atoms with E-state index >= 15 is 0 Å². The Hall–Kier alpha value is -1.09. The molecular weight excluding hydrogens is 263 g/mol. The molecule has 0 radical (unpaired) electrons. The van der Waals surface area contributed by atoms with Crippen molar-refractivity contribution in [1.29, 1.82) is 0 Å². The average Bonchev–Trinajstić information content (AvgIpc) is 2.46. The summed E-state index contributed by atoms with van der Waals surface area (Å²) in [7, 11) is 2.16. The van der Waals surface area contributed by atoms with Gasteiger partial charge in [0.2, 0.25) is 0 Å². The predicted octanol–water partition coefficient (Wildman–Crippen LogP) is 4.51. The van der Waals surface area contributed by atoms with Crippen molar-refractivity contribution in [1.82, 2.24) is 5.32 Å². The van der Waals surface area contributed by atoms with Crippen LogP contribution < -0.4 is 10.2 Å². The monoisotopic (exact) mass is 292 g/mol. The smallest absolute Gasteiger partial charge is 0.123 e. The quantitative estimate of drug-likeness (QED) is 0.859. The first-order chi connectivity index (χ1) is 10.0. The molecule has 1 aromatic rings. The zero-order valence-electron chi connectivity index (χ0n) is 13.8. The normalized spacial score (nSPS) is 23.9. The molecule has 0 bridgehead atoms. The van der Waals surface area contributed by atoms with Crippen LogP contribution in [0.5, 0.6) is 0 Å². The number of anilines is 1. The molecule has 0 saturated heterocycles. The fraction of sp³-hybridized carbons (Fsp3) is 0.667. The molecule has 1 aliphatic carbocycles. The zero-order valence-corrected chi connectivity index (χ0v) is 13.8. The second-order valence-corrected chi connectivity index (χ2v) is 6.52. The van der Waals surface area contributed by atoms with Gasteiger partial charge < -0.3 is 10.2 Å². The van der Waals surface area contributed by atoms with Gasteiger partial charge >= 0.3 is 0 Å². The Bertz CT molecular complexity index is 461. The first kappa shape index (κ1) is 16.3. The molecule has 0 heterocycles. The predicted molar refractivity (Wildman–Crippen MR) is 88.3 cm³/mol. The Labute approximate surface area is 128 Å². The molecule has 118 valence electrons. The molecule has 1 aromatic carbocycles. The zero-order chi connectivity index (χ0) is 15.4. The summed E-state index contributed by atoms with van der Waals surface area (Å²) in [5, 5.41) is 3.40. The first-order valence-electron chi connectivity index (χ1n) is 8.28. The summed E-state index contributed by atoms with van der Waals surface area (Å²) in [6.45, 7) is 7.43. The minimum atomic E-state index is -0.149. The minimum absolute atomic E-state index is 0.149. The van der Waals surface area contributed by atoms with Crippen molar-refractivity contribution in [3.63, 3.8) is 0 Å². The molecular formula is C18H29FN2. The van der Waals surface area contributed by atoms with E-state index in [2.05, 4.69) is 38.0 Å². The lowest BCUT2D eigenvalue weighted by Gasteiger charge is -2.37. The number of halogens is 1. The van der Waals surface area contributed by atoms with E-state index in [0.717, 1.165) is 18.0 Å². The van der Waals surface area contributed by atoms with Crippen LogP contribution in [0, 0.1) is 11.7 Å². The van der Waals surface area contributed by atoms with Gasteiger partial charge in [-0.1, -0.05) is 26.7 Å². The van der Waals surface area contributed by atoms with Gasteiger partial charge in [0.05, 0.1) is 0 Å². The van der Waals surface area contributed by atoms with Gasteiger partial charge in [-0.15, -0.1) is 0 Å². The van der Waals surface area contributed by atoms with Crippen molar-refractivity contribution in [3.8, 4) is 0 Å². The summed E-state index contributed by atoms with van der Waals surface area (Å²) in [6.07, 6.45) is 5.13. The van der Waals surface area contributed by atoms with Gasteiger partial charge in [0.15, 0.2) is 0 Å². The molecule has 21 heavy (non-hydrogen) atoms. The second kappa shape index (κ2) is 7.26. The van der Waals surface area contributed by atoms with E-state index in [1.165, 1.54) is 31.4 Å². The fourth-order valence-electron chi connectivity index (χ4n) is 3.56. The Kier molecular flexibility index (Phi) is 5.63. The molecule has 0 spiro atoms. The van der Waals surface area contributed by atoms with E-state index in [0.29, 0.717) is 6.04 Å². The Morgan fingerprint density at radius 3 is 2.81 bits per heavy atom. The molecule has 1 aliphatic rings. The molecule has 2 rings (SSSR count). The highest BCUT2D eigenvalue weighted by Crippen LogP contribution is 2.33. The topological polar surface area (TPSA) is 15.3 Å². The van der Waals surface area contributed by atoms with Crippen LogP contribution >= 0.6 is 0 Å². The summed E-state index contributed by atoms with van der Waals surface area (Å²) in [6, 6.07) is 5.96. The van der Waals surface area contributed by atoms with Crippen LogP contribution in [0.1, 0.15) is 58.1 Å². The standard InChI is InChI=1S/C18H29FN2/c1-5-20-14(3)17-12-15(19)9-10-18(17)21(4)16-8-6-7-13(2)11-16/h9-10,12-14,16,20H,5-8,11H2,1-4H3. The fourth-order valence-corrected chi connectivity index (χ4v) is 3.56. The highest BCUT2D eigenvalue weighted by Gasteiger charge is 2.24. The number of nitrogens with one attached hydrogen (secondary N) is 1. The maximum absolute atomic E-state index is 13.7. The second-order valence-electron chi connectivity index (χ2n) is 6.52. The molecule has 0 aliphatic heterocycles. The maximum atomic E-state index is 13.7. The molecule has 2 nitrogen and oxygen atoms in total. The highest BCUT2D eigenvalue weighted by atomic mass is 19.1. The summed E-state index contributed by atoms with van der Waals surface area (Å²) < 4.78 is 13.7. The Morgan fingerprint density at radius 1 is 1.38 bits per heavy atom. The lowest BCUT2D eigenvalue weighted by atomic mass is 9.86. The molecule has 0 aromatic heterocycles. The van der Waals surface area contributed by atoms with E-state index < -0.39 is 0 Å². The Balaban J connectivity index is 2.24. The molecule has 1 N–H and O–H groups in total. The van der Waals surface area contributed by atoms with Gasteiger partial charge in [0, 0.05) is 24.8 Å². The molecule has 1 fully saturated rings. The van der Waals surface area contributed by atoms with Crippen LogP contribution in [0.15, 0.2) is 18.2 Å². The number of rotatable bonds is 5.